The SMILES string of the molecule is C.Cc1c(F)cc(C(C)(C)C)cc1F.Cc1ccc(C(C)(C)C)c(Br)c1.Cc1ccc(C(C)(C)C)c(C#N)c1.Cc1ccc(C(C)(C)C)c(C#N)c1.Cc1ccc(C(C)(C)C)c(F)c1.Cc1ccc(C(C)(C)C)cc1. The monoisotopic (exact) mass is 1090 g/mol. The molecule has 6 rings (SSSR count). The largest absolute Gasteiger partial charge is 0.207 e. The van der Waals surface area contributed by atoms with Gasteiger partial charge in [-0.1, -0.05) is 226 Å². The van der Waals surface area contributed by atoms with E-state index in [0.717, 1.165) is 44.5 Å². The Morgan fingerprint density at radius 2 is 0.627 bits per heavy atom. The quantitative estimate of drug-likeness (QED) is 0.152. The van der Waals surface area contributed by atoms with Crippen LogP contribution in [0.3, 0.4) is 0 Å². The molecule has 0 bridgehead atoms. The fraction of sp³-hybridized carbons (Fsp3) is 0.449. The summed E-state index contributed by atoms with van der Waals surface area (Å²) >= 11 is 3.58. The van der Waals surface area contributed by atoms with Gasteiger partial charge < -0.3 is 0 Å². The van der Waals surface area contributed by atoms with Gasteiger partial charge in [0.15, 0.2) is 0 Å². The molecule has 408 valence electrons. The Morgan fingerprint density at radius 3 is 0.920 bits per heavy atom. The van der Waals surface area contributed by atoms with Crippen LogP contribution in [-0.4, -0.2) is 0 Å². The molecule has 0 N–H and O–H groups in total. The van der Waals surface area contributed by atoms with E-state index in [1.807, 2.05) is 98.7 Å². The highest BCUT2D eigenvalue weighted by molar-refractivity contribution is 9.10. The molecule has 0 unspecified atom stereocenters. The first-order valence-corrected chi connectivity index (χ1v) is 26.4. The number of rotatable bonds is 0. The number of nitrogens with zero attached hydrogens (tertiary/aromatic N) is 2. The van der Waals surface area contributed by atoms with Crippen LogP contribution in [0.15, 0.2) is 114 Å². The Balaban J connectivity index is 0.000000875. The van der Waals surface area contributed by atoms with E-state index >= 15 is 0 Å². The van der Waals surface area contributed by atoms with Crippen LogP contribution in [0.1, 0.15) is 210 Å². The first kappa shape index (κ1) is 69.6. The first-order chi connectivity index (χ1) is 33.5. The van der Waals surface area contributed by atoms with Crippen molar-refractivity contribution in [1.82, 2.24) is 0 Å². The summed E-state index contributed by atoms with van der Waals surface area (Å²) in [5.74, 6) is -1.03. The highest BCUT2D eigenvalue weighted by atomic mass is 79.9. The zero-order chi connectivity index (χ0) is 57.5. The van der Waals surface area contributed by atoms with Gasteiger partial charge in [0.05, 0.1) is 23.3 Å². The zero-order valence-electron chi connectivity index (χ0n) is 49.8. The number of halogens is 4. The van der Waals surface area contributed by atoms with Crippen LogP contribution in [0, 0.1) is 81.7 Å². The minimum absolute atomic E-state index is 0. The normalized spacial score (nSPS) is 11.3. The molecule has 0 saturated heterocycles. The molecule has 0 aromatic heterocycles. The van der Waals surface area contributed by atoms with Crippen molar-refractivity contribution in [1.29, 1.82) is 10.5 Å². The maximum absolute atomic E-state index is 13.3. The first-order valence-electron chi connectivity index (χ1n) is 25.6. The molecule has 75 heavy (non-hydrogen) atoms. The molecule has 0 atom stereocenters. The second-order valence-electron chi connectivity index (χ2n) is 25.7. The van der Waals surface area contributed by atoms with E-state index in [2.05, 4.69) is 180 Å². The summed E-state index contributed by atoms with van der Waals surface area (Å²) in [6.07, 6.45) is 0. The van der Waals surface area contributed by atoms with Gasteiger partial charge in [0, 0.05) is 10.0 Å². The van der Waals surface area contributed by atoms with Crippen molar-refractivity contribution in [2.75, 3.05) is 0 Å². The van der Waals surface area contributed by atoms with Gasteiger partial charge in [0.25, 0.3) is 0 Å². The van der Waals surface area contributed by atoms with Crippen LogP contribution in [0.25, 0.3) is 0 Å². The van der Waals surface area contributed by atoms with Crippen LogP contribution in [0.4, 0.5) is 13.2 Å². The van der Waals surface area contributed by atoms with Crippen molar-refractivity contribution < 1.29 is 13.2 Å². The van der Waals surface area contributed by atoms with Crippen LogP contribution >= 0.6 is 15.9 Å². The molecular formula is C69H94BrF3N2. The molecule has 0 aliphatic heterocycles. The smallest absolute Gasteiger partial charge is 0.129 e. The number of nitriles is 2. The average Bonchev–Trinajstić information content (AvgIpc) is 3.24. The molecule has 0 aliphatic rings. The van der Waals surface area contributed by atoms with Gasteiger partial charge in [0.2, 0.25) is 0 Å². The van der Waals surface area contributed by atoms with Crippen LogP contribution in [0.2, 0.25) is 0 Å². The Hall–Kier alpha value is -5.43. The Labute approximate surface area is 464 Å². The van der Waals surface area contributed by atoms with Crippen LogP contribution < -0.4 is 0 Å². The molecular weight excluding hydrogens is 994 g/mol. The summed E-state index contributed by atoms with van der Waals surface area (Å²) in [7, 11) is 0. The standard InChI is InChI=1S/2C12H15N.C11H15Br.C11H14F2.C11H15F.C11H16.CH4/c2*1-9-5-6-11(12(2,3)4)10(7-9)8-13;1-8-5-6-9(10(12)7-8)11(2,3)4;1-7-9(12)5-8(6-10(7)13)11(2,3)4;1-8-5-6-9(10(12)7-8)11(2,3)4;1-9-5-7-10(8-6-9)11(2,3)4;/h2*5-7H,1-4H3;5-7H,1-4H3;5-6H,1-4H3;5-7H,1-4H3;5-8H,1-4H3;1H4. The van der Waals surface area contributed by atoms with Gasteiger partial charge in [-0.25, -0.2) is 13.2 Å². The molecule has 0 heterocycles. The summed E-state index contributed by atoms with van der Waals surface area (Å²) in [5, 5.41) is 17.9. The molecule has 6 heteroatoms. The fourth-order valence-electron chi connectivity index (χ4n) is 7.40. The van der Waals surface area contributed by atoms with Gasteiger partial charge in [0.1, 0.15) is 17.5 Å². The van der Waals surface area contributed by atoms with Crippen molar-refractivity contribution in [3.05, 3.63) is 209 Å². The van der Waals surface area contributed by atoms with Crippen molar-refractivity contribution in [2.45, 2.75) is 206 Å². The van der Waals surface area contributed by atoms with E-state index < -0.39 is 11.6 Å². The van der Waals surface area contributed by atoms with Gasteiger partial charge in [-0.15, -0.1) is 0 Å². The summed E-state index contributed by atoms with van der Waals surface area (Å²) < 4.78 is 40.8. The third kappa shape index (κ3) is 24.0. The molecule has 6 aromatic rings. The third-order valence-electron chi connectivity index (χ3n) is 12.1. The van der Waals surface area contributed by atoms with E-state index in [-0.39, 0.29) is 51.3 Å². The summed E-state index contributed by atoms with van der Waals surface area (Å²) in [5.41, 5.74) is 14.4. The van der Waals surface area contributed by atoms with Crippen LogP contribution in [-0.2, 0) is 32.5 Å². The van der Waals surface area contributed by atoms with E-state index in [4.69, 9.17) is 10.5 Å². The van der Waals surface area contributed by atoms with E-state index in [1.165, 1.54) is 45.8 Å². The van der Waals surface area contributed by atoms with Gasteiger partial charge >= 0.3 is 0 Å². The lowest BCUT2D eigenvalue weighted by Gasteiger charge is -2.20. The highest BCUT2D eigenvalue weighted by Crippen LogP contribution is 2.31. The number of aryl methyl sites for hydroxylation is 5. The predicted octanol–water partition coefficient (Wildman–Crippen LogP) is 21.3. The summed E-state index contributed by atoms with van der Waals surface area (Å²) in [6, 6.07) is 40.1. The summed E-state index contributed by atoms with van der Waals surface area (Å²) in [4.78, 5) is 0. The molecule has 0 aliphatic carbocycles. The summed E-state index contributed by atoms with van der Waals surface area (Å²) in [6.45, 7) is 49.5. The predicted molar refractivity (Wildman–Crippen MR) is 323 cm³/mol. The lowest BCUT2D eigenvalue weighted by atomic mass is 9.83. The third-order valence-corrected chi connectivity index (χ3v) is 12.8. The lowest BCUT2D eigenvalue weighted by Crippen LogP contribution is -2.13. The van der Waals surface area contributed by atoms with Gasteiger partial charge in [-0.2, -0.15) is 10.5 Å². The second kappa shape index (κ2) is 28.6. The van der Waals surface area contributed by atoms with Gasteiger partial charge in [-0.05, 0) is 166 Å². The molecule has 0 radical (unpaired) electrons. The lowest BCUT2D eigenvalue weighted by molar-refractivity contribution is 0.522. The Morgan fingerprint density at radius 1 is 0.333 bits per heavy atom. The van der Waals surface area contributed by atoms with E-state index in [9.17, 15) is 13.2 Å². The Kier molecular flexibility index (Phi) is 26.6. The molecule has 0 fully saturated rings. The molecule has 0 saturated carbocycles. The molecule has 0 amide bonds. The van der Waals surface area contributed by atoms with Crippen molar-refractivity contribution in [3.63, 3.8) is 0 Å². The number of benzene rings is 6. The minimum atomic E-state index is -0.468. The maximum Gasteiger partial charge on any atom is 0.129 e. The number of hydrogen-bond donors (Lipinski definition) is 0. The van der Waals surface area contributed by atoms with Crippen LogP contribution in [0.5, 0.6) is 0 Å². The Bertz CT molecular complexity index is 2670. The zero-order valence-corrected chi connectivity index (χ0v) is 51.4. The fourth-order valence-corrected chi connectivity index (χ4v) is 8.49. The number of hydrogen-bond acceptors (Lipinski definition) is 2. The molecule has 2 nitrogen and oxygen atoms in total. The van der Waals surface area contributed by atoms with E-state index in [1.54, 1.807) is 6.07 Å². The van der Waals surface area contributed by atoms with E-state index in [0.29, 0.717) is 5.56 Å². The second-order valence-corrected chi connectivity index (χ2v) is 26.6. The van der Waals surface area contributed by atoms with Crippen molar-refractivity contribution >= 4 is 15.9 Å². The minimum Gasteiger partial charge on any atom is -0.207 e. The topological polar surface area (TPSA) is 47.6 Å². The molecule has 6 aromatic carbocycles. The average molecular weight is 1090 g/mol. The van der Waals surface area contributed by atoms with Crippen molar-refractivity contribution in [2.24, 2.45) is 0 Å². The maximum atomic E-state index is 13.3. The van der Waals surface area contributed by atoms with Gasteiger partial charge in [-0.3, -0.25) is 0 Å². The highest BCUT2D eigenvalue weighted by Gasteiger charge is 2.21. The molecule has 0 spiro atoms. The van der Waals surface area contributed by atoms with Crippen molar-refractivity contribution in [3.8, 4) is 12.1 Å².